The Balaban J connectivity index is 0.000000171. The molecule has 8 aromatic rings. The number of nitrogens with two attached hydrogens (primary N) is 2. The molecule has 23 heteroatoms. The first kappa shape index (κ1) is 62.7. The summed E-state index contributed by atoms with van der Waals surface area (Å²) >= 11 is 0. The van der Waals surface area contributed by atoms with Crippen LogP contribution in [0.1, 0.15) is 122 Å². The van der Waals surface area contributed by atoms with Crippen molar-refractivity contribution in [1.29, 1.82) is 0 Å². The van der Waals surface area contributed by atoms with E-state index in [0.717, 1.165) is 117 Å². The number of amides is 3. The minimum Gasteiger partial charge on any atom is -0.478 e. The lowest BCUT2D eigenvalue weighted by atomic mass is 10.1. The minimum absolute atomic E-state index is 0.0193. The summed E-state index contributed by atoms with van der Waals surface area (Å²) in [5, 5.41) is 28.8. The summed E-state index contributed by atoms with van der Waals surface area (Å²) in [6.45, 7) is 8.87. The third-order valence-corrected chi connectivity index (χ3v) is 16.4. The minimum atomic E-state index is -0.866. The van der Waals surface area contributed by atoms with Crippen molar-refractivity contribution >= 4 is 69.0 Å². The van der Waals surface area contributed by atoms with Crippen LogP contribution >= 0.6 is 0 Å². The lowest BCUT2D eigenvalue weighted by Crippen LogP contribution is -2.40. The van der Waals surface area contributed by atoms with Crippen molar-refractivity contribution in [2.75, 3.05) is 75.5 Å². The number of fused-ring (bicyclic) bond motifs is 2. The van der Waals surface area contributed by atoms with Crippen LogP contribution in [0.5, 0.6) is 0 Å². The normalized spacial score (nSPS) is 16.8. The number of benzene rings is 2. The smallest absolute Gasteiger partial charge is 0.328 e. The quantitative estimate of drug-likeness (QED) is 0.0388. The topological polar surface area (TPSA) is 299 Å². The number of pyridine rings is 2. The molecule has 6 aromatic heterocycles. The van der Waals surface area contributed by atoms with E-state index in [1.54, 1.807) is 48.8 Å². The number of hydrogen-bond acceptors (Lipinski definition) is 17. The second-order valence-corrected chi connectivity index (χ2v) is 23.2. The van der Waals surface area contributed by atoms with Gasteiger partial charge in [-0.05, 0) is 145 Å². The maximum absolute atomic E-state index is 13.0. The zero-order valence-corrected chi connectivity index (χ0v) is 51.1. The summed E-state index contributed by atoms with van der Waals surface area (Å²) in [5.74, 6) is 0.518. The molecule has 2 aliphatic carbocycles. The van der Waals surface area contributed by atoms with Crippen molar-refractivity contribution in [1.82, 2.24) is 69.5 Å². The van der Waals surface area contributed by atoms with E-state index in [2.05, 4.69) is 76.5 Å². The van der Waals surface area contributed by atoms with Gasteiger partial charge in [-0.1, -0.05) is 63.1 Å². The monoisotopic (exact) mass is 1200 g/mol. The fourth-order valence-corrected chi connectivity index (χ4v) is 11.3. The lowest BCUT2D eigenvalue weighted by Gasteiger charge is -2.32. The summed E-state index contributed by atoms with van der Waals surface area (Å²) in [5.41, 5.74) is 20.3. The van der Waals surface area contributed by atoms with Gasteiger partial charge in [0.15, 0.2) is 11.3 Å². The first-order valence-corrected chi connectivity index (χ1v) is 30.9. The molecule has 89 heavy (non-hydrogen) atoms. The third-order valence-electron chi connectivity index (χ3n) is 16.4. The van der Waals surface area contributed by atoms with Crippen molar-refractivity contribution in [3.8, 4) is 22.5 Å². The van der Waals surface area contributed by atoms with Crippen molar-refractivity contribution in [3.05, 3.63) is 144 Å². The van der Waals surface area contributed by atoms with Crippen molar-refractivity contribution in [2.45, 2.75) is 115 Å². The van der Waals surface area contributed by atoms with Crippen LogP contribution in [0.15, 0.2) is 122 Å². The average molecular weight is 1210 g/mol. The first-order valence-electron chi connectivity index (χ1n) is 30.9. The summed E-state index contributed by atoms with van der Waals surface area (Å²) in [6, 6.07) is 23.8. The number of nitrogens with one attached hydrogen (secondary N) is 3. The molecule has 2 aromatic carbocycles. The van der Waals surface area contributed by atoms with E-state index in [-0.39, 0.29) is 29.8 Å². The Bertz CT molecular complexity index is 3810. The predicted octanol–water partition coefficient (Wildman–Crippen LogP) is 8.81. The van der Waals surface area contributed by atoms with Gasteiger partial charge < -0.3 is 37.4 Å². The first-order chi connectivity index (χ1) is 43.2. The van der Waals surface area contributed by atoms with E-state index >= 15 is 0 Å². The number of anilines is 4. The molecule has 12 rings (SSSR count). The number of aryl methyl sites for hydroxylation is 2. The summed E-state index contributed by atoms with van der Waals surface area (Å²) < 4.78 is 3.85. The maximum atomic E-state index is 13.0. The number of aliphatic carboxylic acids is 1. The van der Waals surface area contributed by atoms with E-state index < -0.39 is 5.97 Å². The largest absolute Gasteiger partial charge is 0.478 e. The van der Waals surface area contributed by atoms with Crippen LogP contribution in [0.25, 0.3) is 44.6 Å². The molecule has 2 saturated heterocycles. The molecule has 2 atom stereocenters. The number of rotatable bonds is 20. The predicted molar refractivity (Wildman–Crippen MR) is 346 cm³/mol. The van der Waals surface area contributed by atoms with Gasteiger partial charge in [-0.15, -0.1) is 0 Å². The molecule has 0 bridgehead atoms. The average Bonchev–Trinajstić information content (AvgIpc) is 1.79. The van der Waals surface area contributed by atoms with E-state index in [1.165, 1.54) is 44.4 Å². The Morgan fingerprint density at radius 1 is 0.629 bits per heavy atom. The number of carboxylic acid groups (broad SMARTS) is 1. The Labute approximate surface area is 518 Å². The SMILES string of the molecule is CCCc1ccnc(NC(=O)c2ccc(-c3nn([C@@H]4CCCN(C(=O)/C=C/CN(C)C5CC5)C4)c4ncnc(N)c34)cc2)c1.CCCc1ccnc(NC(=O)c2ccc(-c3nn([C@@H]4CCCNC4)c4ncnc(N)c34)cc2)c1.CN(C/C=C/C(=O)O)C1CC1. The summed E-state index contributed by atoms with van der Waals surface area (Å²) in [6.07, 6.45) is 25.7. The molecule has 464 valence electrons. The van der Waals surface area contributed by atoms with Gasteiger partial charge in [0.2, 0.25) is 5.91 Å². The number of carbonyl (C=O) groups is 4. The number of likely N-dealkylation sites (N-methyl/N-ethyl adjacent to an activating group) is 2. The molecule has 4 fully saturated rings. The maximum Gasteiger partial charge on any atom is 0.328 e. The molecular weight excluding hydrogens is 1120 g/mol. The second kappa shape index (κ2) is 29.6. The summed E-state index contributed by atoms with van der Waals surface area (Å²) in [4.78, 5) is 81.2. The van der Waals surface area contributed by atoms with Crippen molar-refractivity contribution in [2.24, 2.45) is 0 Å². The van der Waals surface area contributed by atoms with E-state index in [4.69, 9.17) is 26.8 Å². The molecule has 0 unspecified atom stereocenters. The third kappa shape index (κ3) is 16.3. The Kier molecular flexibility index (Phi) is 20.8. The van der Waals surface area contributed by atoms with Gasteiger partial charge in [-0.3, -0.25) is 24.2 Å². The van der Waals surface area contributed by atoms with Crippen LogP contribution in [0.2, 0.25) is 0 Å². The fraction of sp³-hybridized carbons (Fsp3) is 0.394. The number of hydrogen-bond donors (Lipinski definition) is 6. The molecule has 0 spiro atoms. The van der Waals surface area contributed by atoms with E-state index in [9.17, 15) is 19.2 Å². The van der Waals surface area contributed by atoms with Gasteiger partial charge in [-0.25, -0.2) is 44.1 Å². The highest BCUT2D eigenvalue weighted by molar-refractivity contribution is 6.06. The molecule has 2 saturated carbocycles. The van der Waals surface area contributed by atoms with Crippen LogP contribution in [-0.2, 0) is 22.4 Å². The van der Waals surface area contributed by atoms with Gasteiger partial charge >= 0.3 is 5.97 Å². The molecule has 23 nitrogen and oxygen atoms in total. The standard InChI is InChI=1S/C33H39N9O2.C25H28N8O.C8H13NO2/c1-3-6-22-15-16-35-27(19-22)38-33(44)24-11-9-23(10-12-24)30-29-31(34)36-21-37-32(29)42(39-30)26-7-4-18-41(20-26)28(43)8-5-17-40(2)25-13-14-25;1-2-4-16-10-12-28-20(13-16)31-25(34)18-8-6-17(7-9-18)22-21-23(26)29-15-30-24(21)33(32-22)19-5-3-11-27-14-19;1-9(7-4-5-7)6-2-3-8(10)11/h5,8-12,15-16,19,21,25-26H,3-4,6-7,13-14,17-18,20H2,1-2H3,(H2,34,36,37)(H,35,38,44);6-10,12-13,15,19,27H,2-5,11,14H2,1H3,(H2,26,29,30)(H,28,31,34);2-3,7H,4-6H2,1H3,(H,10,11)/b8-5+;;3-2+/t26-;19-;/m11./s1. The molecule has 4 aliphatic rings. The number of nitrogens with zero attached hydrogens (tertiary/aromatic N) is 13. The van der Waals surface area contributed by atoms with E-state index in [0.29, 0.717) is 76.3 Å². The number of piperidine rings is 2. The summed E-state index contributed by atoms with van der Waals surface area (Å²) in [7, 11) is 4.12. The molecule has 8 N–H and O–H groups in total. The number of aromatic nitrogens is 10. The highest BCUT2D eigenvalue weighted by atomic mass is 16.4. The van der Waals surface area contributed by atoms with Gasteiger partial charge in [0.1, 0.15) is 47.3 Å². The zero-order valence-electron chi connectivity index (χ0n) is 51.1. The van der Waals surface area contributed by atoms with Crippen molar-refractivity contribution in [3.63, 3.8) is 0 Å². The number of likely N-dealkylation sites (tertiary alicyclic amines) is 1. The Hall–Kier alpha value is -9.32. The van der Waals surface area contributed by atoms with Gasteiger partial charge in [0.25, 0.3) is 11.8 Å². The van der Waals surface area contributed by atoms with E-state index in [1.807, 2.05) is 75.9 Å². The lowest BCUT2D eigenvalue weighted by molar-refractivity contribution is -0.131. The fourth-order valence-electron chi connectivity index (χ4n) is 11.3. The Morgan fingerprint density at radius 3 is 1.57 bits per heavy atom. The zero-order chi connectivity index (χ0) is 62.4. The molecule has 3 amide bonds. The van der Waals surface area contributed by atoms with Crippen LogP contribution in [0.3, 0.4) is 0 Å². The van der Waals surface area contributed by atoms with Gasteiger partial charge in [0.05, 0.1) is 22.9 Å². The highest BCUT2D eigenvalue weighted by Gasteiger charge is 2.30. The van der Waals surface area contributed by atoms with Gasteiger partial charge in [0, 0.05) is 91.6 Å². The molecular formula is C66H80N18O5. The second-order valence-electron chi connectivity index (χ2n) is 23.2. The van der Waals surface area contributed by atoms with Crippen LogP contribution in [-0.4, -0.2) is 158 Å². The highest BCUT2D eigenvalue weighted by Crippen LogP contribution is 2.36. The van der Waals surface area contributed by atoms with Crippen molar-refractivity contribution < 1.29 is 24.3 Å². The molecule has 0 radical (unpaired) electrons. The number of nitrogen functional groups attached to an aromatic ring is 2. The van der Waals surface area contributed by atoms with Crippen LogP contribution in [0, 0.1) is 0 Å². The van der Waals surface area contributed by atoms with Crippen LogP contribution in [0.4, 0.5) is 23.3 Å². The Morgan fingerprint density at radius 2 is 1.11 bits per heavy atom. The van der Waals surface area contributed by atoms with Crippen LogP contribution < -0.4 is 27.4 Å². The molecule has 2 aliphatic heterocycles. The number of carboxylic acids is 1. The molecule has 8 heterocycles. The number of carbonyl (C=O) groups excluding carboxylic acids is 3. The van der Waals surface area contributed by atoms with Gasteiger partial charge in [-0.2, -0.15) is 10.2 Å².